The molecule has 0 heterocycles. The topological polar surface area (TPSA) is 29.5 Å². The van der Waals surface area contributed by atoms with E-state index in [1.165, 1.54) is 5.56 Å². The Balaban J connectivity index is 2.91. The van der Waals surface area contributed by atoms with E-state index in [1.807, 2.05) is 32.9 Å². The molecule has 0 aliphatic carbocycles. The van der Waals surface area contributed by atoms with E-state index in [2.05, 4.69) is 26.0 Å². The maximum atomic E-state index is 10.5. The molecule has 2 nitrogen and oxygen atoms in total. The third-order valence-electron chi connectivity index (χ3n) is 3.67. The van der Waals surface area contributed by atoms with Crippen LogP contribution in [0.25, 0.3) is 0 Å². The summed E-state index contributed by atoms with van der Waals surface area (Å²) in [5.74, 6) is 0.514. The van der Waals surface area contributed by atoms with Gasteiger partial charge in [0, 0.05) is 6.61 Å². The fraction of sp³-hybridized carbons (Fsp3) is 0.625. The van der Waals surface area contributed by atoms with Crippen LogP contribution in [0, 0.1) is 0 Å². The monoisotopic (exact) mass is 250 g/mol. The van der Waals surface area contributed by atoms with Crippen molar-refractivity contribution in [3.8, 4) is 0 Å². The van der Waals surface area contributed by atoms with Gasteiger partial charge in [0.15, 0.2) is 0 Å². The van der Waals surface area contributed by atoms with Crippen LogP contribution in [0.4, 0.5) is 0 Å². The molecule has 0 aromatic heterocycles. The van der Waals surface area contributed by atoms with Crippen molar-refractivity contribution >= 4 is 0 Å². The first kappa shape index (κ1) is 15.2. The normalized spacial score (nSPS) is 16.6. The van der Waals surface area contributed by atoms with Crippen LogP contribution < -0.4 is 0 Å². The number of hydrogen-bond donors (Lipinski definition) is 1. The predicted molar refractivity (Wildman–Crippen MR) is 75.8 cm³/mol. The Bertz CT molecular complexity index is 356. The lowest BCUT2D eigenvalue weighted by atomic mass is 9.89. The molecule has 0 bridgehead atoms. The van der Waals surface area contributed by atoms with Crippen molar-refractivity contribution in [2.45, 2.75) is 58.7 Å². The minimum absolute atomic E-state index is 0.506. The van der Waals surface area contributed by atoms with E-state index in [-0.39, 0.29) is 0 Å². The summed E-state index contributed by atoms with van der Waals surface area (Å²) in [6.07, 6.45) is 0.206. The van der Waals surface area contributed by atoms with E-state index in [1.54, 1.807) is 0 Å². The Labute approximate surface area is 111 Å². The summed E-state index contributed by atoms with van der Waals surface area (Å²) in [5.41, 5.74) is 1.71. The molecule has 2 unspecified atom stereocenters. The van der Waals surface area contributed by atoms with E-state index in [0.717, 1.165) is 12.0 Å². The molecule has 0 spiro atoms. The van der Waals surface area contributed by atoms with Gasteiger partial charge in [-0.05, 0) is 37.3 Å². The minimum Gasteiger partial charge on any atom is -0.385 e. The summed E-state index contributed by atoms with van der Waals surface area (Å²) in [7, 11) is 0. The van der Waals surface area contributed by atoms with Crippen molar-refractivity contribution < 1.29 is 9.84 Å². The number of aliphatic hydroxyl groups excluding tert-OH is 1. The molecule has 2 atom stereocenters. The van der Waals surface area contributed by atoms with E-state index in [0.29, 0.717) is 12.5 Å². The van der Waals surface area contributed by atoms with Gasteiger partial charge in [-0.3, -0.25) is 0 Å². The molecule has 2 heteroatoms. The zero-order valence-corrected chi connectivity index (χ0v) is 12.2. The molecular formula is C16H26O2. The highest BCUT2D eigenvalue weighted by Gasteiger charge is 2.32. The quantitative estimate of drug-likeness (QED) is 0.825. The third kappa shape index (κ3) is 3.33. The average molecular weight is 250 g/mol. The van der Waals surface area contributed by atoms with Crippen LogP contribution in [-0.2, 0) is 4.74 Å². The van der Waals surface area contributed by atoms with Gasteiger partial charge in [0.25, 0.3) is 0 Å². The maximum Gasteiger partial charge on any atom is 0.108 e. The van der Waals surface area contributed by atoms with Crippen molar-refractivity contribution in [1.29, 1.82) is 0 Å². The van der Waals surface area contributed by atoms with Gasteiger partial charge in [-0.1, -0.05) is 45.0 Å². The Morgan fingerprint density at radius 3 is 2.00 bits per heavy atom. The molecule has 0 amide bonds. The molecule has 0 saturated carbocycles. The first-order chi connectivity index (χ1) is 8.44. The number of ether oxygens (including phenoxy) is 1. The second-order valence-corrected chi connectivity index (χ2v) is 5.32. The number of hydrogen-bond acceptors (Lipinski definition) is 2. The van der Waals surface area contributed by atoms with Crippen LogP contribution in [-0.4, -0.2) is 17.3 Å². The van der Waals surface area contributed by atoms with Crippen LogP contribution in [0.2, 0.25) is 0 Å². The lowest BCUT2D eigenvalue weighted by Crippen LogP contribution is -2.35. The molecule has 0 aliphatic rings. The molecule has 1 aromatic rings. The van der Waals surface area contributed by atoms with E-state index >= 15 is 0 Å². The minimum atomic E-state index is -0.580. The van der Waals surface area contributed by atoms with Gasteiger partial charge in [-0.25, -0.2) is 0 Å². The average Bonchev–Trinajstić information content (AvgIpc) is 2.38. The first-order valence-electron chi connectivity index (χ1n) is 6.86. The summed E-state index contributed by atoms with van der Waals surface area (Å²) < 4.78 is 5.72. The van der Waals surface area contributed by atoms with Crippen LogP contribution in [0.3, 0.4) is 0 Å². The molecule has 1 N–H and O–H groups in total. The first-order valence-corrected chi connectivity index (χ1v) is 6.86. The molecule has 1 aromatic carbocycles. The van der Waals surface area contributed by atoms with E-state index in [9.17, 15) is 5.11 Å². The summed E-state index contributed by atoms with van der Waals surface area (Å²) in [6.45, 7) is 10.9. The molecule has 1 rings (SSSR count). The number of aliphatic hydroxyl groups is 1. The zero-order valence-electron chi connectivity index (χ0n) is 12.2. The molecule has 102 valence electrons. The van der Waals surface area contributed by atoms with Gasteiger partial charge in [0.1, 0.15) is 6.10 Å². The molecule has 18 heavy (non-hydrogen) atoms. The van der Waals surface area contributed by atoms with Crippen LogP contribution in [0.15, 0.2) is 24.3 Å². The van der Waals surface area contributed by atoms with Crippen LogP contribution in [0.1, 0.15) is 64.2 Å². The van der Waals surface area contributed by atoms with Gasteiger partial charge in [0.2, 0.25) is 0 Å². The lowest BCUT2D eigenvalue weighted by Gasteiger charge is -2.33. The SMILES string of the molecule is CCOC(C)(CC)C(O)c1ccc(C(C)C)cc1. The Morgan fingerprint density at radius 1 is 1.11 bits per heavy atom. The Hall–Kier alpha value is -0.860. The summed E-state index contributed by atoms with van der Waals surface area (Å²) in [4.78, 5) is 0. The van der Waals surface area contributed by atoms with Crippen molar-refractivity contribution in [1.82, 2.24) is 0 Å². The zero-order chi connectivity index (χ0) is 13.8. The number of benzene rings is 1. The van der Waals surface area contributed by atoms with E-state index in [4.69, 9.17) is 4.74 Å². The Morgan fingerprint density at radius 2 is 1.61 bits per heavy atom. The fourth-order valence-corrected chi connectivity index (χ4v) is 2.12. The molecule has 0 fully saturated rings. The van der Waals surface area contributed by atoms with E-state index < -0.39 is 11.7 Å². The standard InChI is InChI=1S/C16H26O2/c1-6-16(5,18-7-2)15(17)14-10-8-13(9-11-14)12(3)4/h8-12,15,17H,6-7H2,1-5H3. The van der Waals surface area contributed by atoms with Gasteiger partial charge in [-0.2, -0.15) is 0 Å². The van der Waals surface area contributed by atoms with Crippen molar-refractivity contribution in [3.63, 3.8) is 0 Å². The van der Waals surface area contributed by atoms with Crippen molar-refractivity contribution in [3.05, 3.63) is 35.4 Å². The highest BCUT2D eigenvalue weighted by Crippen LogP contribution is 2.32. The Kier molecular flexibility index (Phi) is 5.36. The van der Waals surface area contributed by atoms with Crippen LogP contribution in [0.5, 0.6) is 0 Å². The fourth-order valence-electron chi connectivity index (χ4n) is 2.12. The smallest absolute Gasteiger partial charge is 0.108 e. The molecule has 0 radical (unpaired) electrons. The second-order valence-electron chi connectivity index (χ2n) is 5.32. The van der Waals surface area contributed by atoms with Crippen LogP contribution >= 0.6 is 0 Å². The molecular weight excluding hydrogens is 224 g/mol. The van der Waals surface area contributed by atoms with Gasteiger partial charge in [0.05, 0.1) is 5.60 Å². The summed E-state index contributed by atoms with van der Waals surface area (Å²) >= 11 is 0. The van der Waals surface area contributed by atoms with Crippen molar-refractivity contribution in [2.24, 2.45) is 0 Å². The lowest BCUT2D eigenvalue weighted by molar-refractivity contribution is -0.113. The number of rotatable bonds is 6. The molecule has 0 aliphatic heterocycles. The summed E-state index contributed by atoms with van der Waals surface area (Å²) in [5, 5.41) is 10.5. The maximum absolute atomic E-state index is 10.5. The molecule has 0 saturated heterocycles. The highest BCUT2D eigenvalue weighted by molar-refractivity contribution is 5.27. The third-order valence-corrected chi connectivity index (χ3v) is 3.67. The van der Waals surface area contributed by atoms with Gasteiger partial charge < -0.3 is 9.84 Å². The second kappa shape index (κ2) is 6.35. The highest BCUT2D eigenvalue weighted by atomic mass is 16.5. The predicted octanol–water partition coefficient (Wildman–Crippen LogP) is 4.05. The summed E-state index contributed by atoms with van der Waals surface area (Å²) in [6, 6.07) is 8.19. The van der Waals surface area contributed by atoms with Gasteiger partial charge >= 0.3 is 0 Å². The van der Waals surface area contributed by atoms with Gasteiger partial charge in [-0.15, -0.1) is 0 Å². The largest absolute Gasteiger partial charge is 0.385 e. The van der Waals surface area contributed by atoms with Crippen molar-refractivity contribution in [2.75, 3.05) is 6.61 Å².